The number of nitro benzene ring substituents is 1. The monoisotopic (exact) mass is 278 g/mol. The fourth-order valence-electron chi connectivity index (χ4n) is 1.56. The molecule has 0 aliphatic carbocycles. The average Bonchev–Trinajstić information content (AvgIpc) is 2.37. The van der Waals surface area contributed by atoms with Crippen molar-refractivity contribution in [3.8, 4) is 0 Å². The molecule has 1 aromatic carbocycles. The minimum atomic E-state index is -0.512. The van der Waals surface area contributed by atoms with Gasteiger partial charge in [-0.2, -0.15) is 0 Å². The summed E-state index contributed by atoms with van der Waals surface area (Å²) in [4.78, 5) is 18.5. The predicted molar refractivity (Wildman–Crippen MR) is 72.2 cm³/mol. The van der Waals surface area contributed by atoms with E-state index in [0.717, 1.165) is 5.69 Å². The summed E-state index contributed by atoms with van der Waals surface area (Å²) in [5, 5.41) is 13.9. The van der Waals surface area contributed by atoms with Gasteiger partial charge in [0.25, 0.3) is 5.69 Å². The molecule has 0 aliphatic heterocycles. The van der Waals surface area contributed by atoms with Crippen LogP contribution in [0.1, 0.15) is 11.5 Å². The quantitative estimate of drug-likeness (QED) is 0.687. The van der Waals surface area contributed by atoms with Crippen LogP contribution in [0.3, 0.4) is 0 Å². The summed E-state index contributed by atoms with van der Waals surface area (Å²) in [5.74, 6) is 0.682. The van der Waals surface area contributed by atoms with Crippen molar-refractivity contribution in [3.05, 3.63) is 57.1 Å². The maximum absolute atomic E-state index is 10.8. The lowest BCUT2D eigenvalue weighted by Crippen LogP contribution is -2.03. The second-order valence-electron chi connectivity index (χ2n) is 3.87. The van der Waals surface area contributed by atoms with Gasteiger partial charge in [0, 0.05) is 18.0 Å². The van der Waals surface area contributed by atoms with Crippen molar-refractivity contribution < 1.29 is 4.92 Å². The highest BCUT2D eigenvalue weighted by atomic mass is 35.5. The van der Waals surface area contributed by atoms with Crippen LogP contribution in [0.2, 0.25) is 5.02 Å². The van der Waals surface area contributed by atoms with Crippen molar-refractivity contribution in [2.75, 3.05) is 5.32 Å². The summed E-state index contributed by atoms with van der Waals surface area (Å²) in [7, 11) is 0. The molecule has 7 heteroatoms. The summed E-state index contributed by atoms with van der Waals surface area (Å²) in [6, 6.07) is 6.36. The number of aryl methyl sites for hydroxylation is 1. The summed E-state index contributed by atoms with van der Waals surface area (Å²) in [6.07, 6.45) is 1.67. The van der Waals surface area contributed by atoms with E-state index in [4.69, 9.17) is 11.6 Å². The molecule has 1 N–H and O–H groups in total. The normalized spacial score (nSPS) is 10.2. The number of anilines is 1. The van der Waals surface area contributed by atoms with Crippen molar-refractivity contribution >= 4 is 23.0 Å². The minimum Gasteiger partial charge on any atom is -0.379 e. The van der Waals surface area contributed by atoms with Crippen LogP contribution in [0.15, 0.2) is 30.5 Å². The lowest BCUT2D eigenvalue weighted by atomic mass is 10.2. The van der Waals surface area contributed by atoms with Gasteiger partial charge in [0.1, 0.15) is 10.8 Å². The van der Waals surface area contributed by atoms with Crippen molar-refractivity contribution in [3.63, 3.8) is 0 Å². The van der Waals surface area contributed by atoms with E-state index < -0.39 is 4.92 Å². The van der Waals surface area contributed by atoms with Gasteiger partial charge in [-0.1, -0.05) is 11.6 Å². The summed E-state index contributed by atoms with van der Waals surface area (Å²) in [5.41, 5.74) is 1.31. The highest BCUT2D eigenvalue weighted by Gasteiger charge is 2.12. The molecular formula is C12H11ClN4O2. The summed E-state index contributed by atoms with van der Waals surface area (Å²) in [6.45, 7) is 2.26. The number of halogens is 1. The predicted octanol–water partition coefficient (Wildman–Crippen LogP) is 2.96. The zero-order valence-electron chi connectivity index (χ0n) is 10.1. The summed E-state index contributed by atoms with van der Waals surface area (Å²) < 4.78 is 0. The van der Waals surface area contributed by atoms with Crippen molar-refractivity contribution in [2.24, 2.45) is 0 Å². The van der Waals surface area contributed by atoms with E-state index in [-0.39, 0.29) is 10.7 Å². The Morgan fingerprint density at radius 2 is 2.21 bits per heavy atom. The summed E-state index contributed by atoms with van der Waals surface area (Å²) >= 11 is 5.74. The topological polar surface area (TPSA) is 81.0 Å². The molecule has 0 amide bonds. The van der Waals surface area contributed by atoms with E-state index in [2.05, 4.69) is 15.3 Å². The van der Waals surface area contributed by atoms with Gasteiger partial charge in [-0.3, -0.25) is 10.1 Å². The van der Waals surface area contributed by atoms with E-state index >= 15 is 0 Å². The smallest absolute Gasteiger partial charge is 0.289 e. The second kappa shape index (κ2) is 5.62. The van der Waals surface area contributed by atoms with Crippen LogP contribution in [0.4, 0.5) is 11.4 Å². The zero-order valence-corrected chi connectivity index (χ0v) is 10.9. The first kappa shape index (κ1) is 13.2. The van der Waals surface area contributed by atoms with Gasteiger partial charge in [0.05, 0.1) is 17.2 Å². The Hall–Kier alpha value is -2.21. The first-order chi connectivity index (χ1) is 9.06. The lowest BCUT2D eigenvalue weighted by Gasteiger charge is -2.06. The van der Waals surface area contributed by atoms with E-state index in [1.165, 1.54) is 12.1 Å². The molecule has 19 heavy (non-hydrogen) atoms. The maximum Gasteiger partial charge on any atom is 0.289 e. The molecule has 2 aromatic rings. The molecule has 0 bridgehead atoms. The van der Waals surface area contributed by atoms with Crippen LogP contribution in [-0.2, 0) is 6.54 Å². The number of hydrogen-bond donors (Lipinski definition) is 1. The van der Waals surface area contributed by atoms with Gasteiger partial charge in [0.15, 0.2) is 0 Å². The van der Waals surface area contributed by atoms with Crippen molar-refractivity contribution in [2.45, 2.75) is 13.5 Å². The Morgan fingerprint density at radius 3 is 2.89 bits per heavy atom. The van der Waals surface area contributed by atoms with Crippen LogP contribution in [-0.4, -0.2) is 14.9 Å². The molecule has 0 fully saturated rings. The number of hydrogen-bond acceptors (Lipinski definition) is 5. The van der Waals surface area contributed by atoms with Gasteiger partial charge < -0.3 is 5.32 Å². The third kappa shape index (κ3) is 3.38. The standard InChI is InChI=1S/C12H11ClN4O2/c1-8-14-5-4-10(16-8)7-15-9-2-3-11(13)12(6-9)17(18)19/h2-6,15H,7H2,1H3. The molecule has 98 valence electrons. The van der Waals surface area contributed by atoms with E-state index in [0.29, 0.717) is 18.1 Å². The van der Waals surface area contributed by atoms with Crippen molar-refractivity contribution in [1.82, 2.24) is 9.97 Å². The van der Waals surface area contributed by atoms with Gasteiger partial charge >= 0.3 is 0 Å². The Bertz CT molecular complexity index is 618. The molecule has 1 heterocycles. The SMILES string of the molecule is Cc1nccc(CNc2ccc(Cl)c([N+](=O)[O-])c2)n1. The molecule has 0 spiro atoms. The average molecular weight is 279 g/mol. The van der Waals surface area contributed by atoms with E-state index in [9.17, 15) is 10.1 Å². The molecule has 0 atom stereocenters. The Labute approximate surface area is 114 Å². The lowest BCUT2D eigenvalue weighted by molar-refractivity contribution is -0.384. The van der Waals surface area contributed by atoms with Crippen LogP contribution in [0.5, 0.6) is 0 Å². The number of nitrogens with zero attached hydrogens (tertiary/aromatic N) is 3. The molecule has 0 aliphatic rings. The molecule has 0 unspecified atom stereocenters. The largest absolute Gasteiger partial charge is 0.379 e. The van der Waals surface area contributed by atoms with Crippen LogP contribution < -0.4 is 5.32 Å². The van der Waals surface area contributed by atoms with Gasteiger partial charge in [0.2, 0.25) is 0 Å². The Balaban J connectivity index is 2.12. The molecule has 1 aromatic heterocycles. The molecular weight excluding hydrogens is 268 g/mol. The van der Waals surface area contributed by atoms with E-state index in [1.807, 2.05) is 0 Å². The number of nitro groups is 1. The fraction of sp³-hybridized carbons (Fsp3) is 0.167. The molecule has 0 saturated carbocycles. The number of aromatic nitrogens is 2. The van der Waals surface area contributed by atoms with Crippen LogP contribution in [0, 0.1) is 17.0 Å². The van der Waals surface area contributed by atoms with Gasteiger partial charge in [-0.25, -0.2) is 9.97 Å². The molecule has 0 radical (unpaired) electrons. The number of nitrogens with one attached hydrogen (secondary N) is 1. The van der Waals surface area contributed by atoms with Gasteiger partial charge in [-0.05, 0) is 25.1 Å². The highest BCUT2D eigenvalue weighted by Crippen LogP contribution is 2.27. The van der Waals surface area contributed by atoms with Crippen molar-refractivity contribution in [1.29, 1.82) is 0 Å². The zero-order chi connectivity index (χ0) is 13.8. The molecule has 2 rings (SSSR count). The minimum absolute atomic E-state index is 0.119. The Kier molecular flexibility index (Phi) is 3.91. The van der Waals surface area contributed by atoms with Crippen LogP contribution >= 0.6 is 11.6 Å². The van der Waals surface area contributed by atoms with Gasteiger partial charge in [-0.15, -0.1) is 0 Å². The van der Waals surface area contributed by atoms with Crippen LogP contribution in [0.25, 0.3) is 0 Å². The first-order valence-electron chi connectivity index (χ1n) is 5.52. The third-order valence-corrected chi connectivity index (χ3v) is 2.77. The Morgan fingerprint density at radius 1 is 1.42 bits per heavy atom. The highest BCUT2D eigenvalue weighted by molar-refractivity contribution is 6.32. The van der Waals surface area contributed by atoms with E-state index in [1.54, 1.807) is 25.3 Å². The fourth-order valence-corrected chi connectivity index (χ4v) is 1.75. The number of benzene rings is 1. The number of rotatable bonds is 4. The first-order valence-corrected chi connectivity index (χ1v) is 5.90. The third-order valence-electron chi connectivity index (χ3n) is 2.45. The molecule has 6 nitrogen and oxygen atoms in total. The second-order valence-corrected chi connectivity index (χ2v) is 4.28. The maximum atomic E-state index is 10.8. The molecule has 0 saturated heterocycles.